The predicted molar refractivity (Wildman–Crippen MR) is 80.7 cm³/mol. The van der Waals surface area contributed by atoms with Crippen molar-refractivity contribution in [2.75, 3.05) is 18.0 Å². The Morgan fingerprint density at radius 3 is 2.80 bits per heavy atom. The Hall–Kier alpha value is -1.94. The first-order valence-corrected chi connectivity index (χ1v) is 7.11. The average molecular weight is 268 g/mol. The van der Waals surface area contributed by atoms with Gasteiger partial charge in [0.25, 0.3) is 0 Å². The Balaban J connectivity index is 1.79. The number of nitrogens with zero attached hydrogens (tertiary/aromatic N) is 3. The summed E-state index contributed by atoms with van der Waals surface area (Å²) in [6.45, 7) is 4.45. The first-order chi connectivity index (χ1) is 9.76. The van der Waals surface area contributed by atoms with Crippen molar-refractivity contribution in [2.24, 2.45) is 5.73 Å². The summed E-state index contributed by atoms with van der Waals surface area (Å²) in [5, 5.41) is 0. The lowest BCUT2D eigenvalue weighted by molar-refractivity contribution is 0.771. The molecule has 2 N–H and O–H groups in total. The Kier molecular flexibility index (Phi) is 3.65. The number of hydrogen-bond acceptors (Lipinski definition) is 4. The van der Waals surface area contributed by atoms with Crippen LogP contribution in [0.3, 0.4) is 0 Å². The van der Waals surface area contributed by atoms with E-state index in [2.05, 4.69) is 45.2 Å². The maximum absolute atomic E-state index is 5.70. The van der Waals surface area contributed by atoms with Crippen molar-refractivity contribution in [3.05, 3.63) is 53.3 Å². The van der Waals surface area contributed by atoms with Gasteiger partial charge in [0.05, 0.1) is 5.69 Å². The molecule has 0 bridgehead atoms. The fourth-order valence-electron chi connectivity index (χ4n) is 2.80. The molecule has 3 rings (SSSR count). The van der Waals surface area contributed by atoms with E-state index in [1.807, 2.05) is 13.0 Å². The molecule has 1 atom stereocenters. The van der Waals surface area contributed by atoms with Gasteiger partial charge in [0.1, 0.15) is 0 Å². The van der Waals surface area contributed by atoms with Crippen LogP contribution < -0.4 is 10.6 Å². The van der Waals surface area contributed by atoms with E-state index < -0.39 is 0 Å². The van der Waals surface area contributed by atoms with E-state index in [-0.39, 0.29) is 0 Å². The molecule has 4 nitrogen and oxygen atoms in total. The highest BCUT2D eigenvalue weighted by molar-refractivity contribution is 5.37. The lowest BCUT2D eigenvalue weighted by Crippen LogP contribution is -2.23. The van der Waals surface area contributed by atoms with Gasteiger partial charge in [0.15, 0.2) is 0 Å². The van der Waals surface area contributed by atoms with Crippen LogP contribution in [0.4, 0.5) is 5.95 Å². The monoisotopic (exact) mass is 268 g/mol. The van der Waals surface area contributed by atoms with Crippen molar-refractivity contribution in [1.82, 2.24) is 9.97 Å². The molecule has 1 unspecified atom stereocenters. The van der Waals surface area contributed by atoms with Gasteiger partial charge in [-0.3, -0.25) is 0 Å². The van der Waals surface area contributed by atoms with Crippen molar-refractivity contribution in [2.45, 2.75) is 25.8 Å². The predicted octanol–water partition coefficient (Wildman–Crippen LogP) is 2.24. The van der Waals surface area contributed by atoms with Crippen LogP contribution in [0, 0.1) is 6.92 Å². The Morgan fingerprint density at radius 1 is 1.25 bits per heavy atom. The molecule has 0 aliphatic carbocycles. The van der Waals surface area contributed by atoms with E-state index in [1.54, 1.807) is 0 Å². The van der Waals surface area contributed by atoms with Crippen molar-refractivity contribution >= 4 is 5.95 Å². The van der Waals surface area contributed by atoms with Crippen molar-refractivity contribution in [3.63, 3.8) is 0 Å². The summed E-state index contributed by atoms with van der Waals surface area (Å²) in [4.78, 5) is 11.4. The third-order valence-electron chi connectivity index (χ3n) is 3.85. The fraction of sp³-hybridized carbons (Fsp3) is 0.375. The molecule has 0 saturated carbocycles. The van der Waals surface area contributed by atoms with E-state index >= 15 is 0 Å². The second kappa shape index (κ2) is 5.59. The minimum absolute atomic E-state index is 0.465. The second-order valence-electron chi connectivity index (χ2n) is 5.35. The summed E-state index contributed by atoms with van der Waals surface area (Å²) in [6.07, 6.45) is 1.15. The largest absolute Gasteiger partial charge is 0.340 e. The van der Waals surface area contributed by atoms with E-state index in [0.29, 0.717) is 12.5 Å². The van der Waals surface area contributed by atoms with Gasteiger partial charge in [0.2, 0.25) is 5.95 Å². The SMILES string of the molecule is Cc1cc(CN)nc(N2CCC(c3ccccc3)C2)n1. The molecule has 20 heavy (non-hydrogen) atoms. The van der Waals surface area contributed by atoms with Crippen molar-refractivity contribution < 1.29 is 0 Å². The number of anilines is 1. The van der Waals surface area contributed by atoms with Gasteiger partial charge < -0.3 is 10.6 Å². The molecule has 104 valence electrons. The Labute approximate surface area is 119 Å². The number of rotatable bonds is 3. The van der Waals surface area contributed by atoms with Crippen LogP contribution in [0.15, 0.2) is 36.4 Å². The first kappa shape index (κ1) is 13.1. The zero-order chi connectivity index (χ0) is 13.9. The quantitative estimate of drug-likeness (QED) is 0.927. The van der Waals surface area contributed by atoms with Crippen molar-refractivity contribution in [1.29, 1.82) is 0 Å². The summed E-state index contributed by atoms with van der Waals surface area (Å²) >= 11 is 0. The number of hydrogen-bond donors (Lipinski definition) is 1. The van der Waals surface area contributed by atoms with E-state index in [0.717, 1.165) is 36.8 Å². The summed E-state index contributed by atoms with van der Waals surface area (Å²) in [5.74, 6) is 1.39. The highest BCUT2D eigenvalue weighted by Gasteiger charge is 2.25. The number of benzene rings is 1. The molecular formula is C16H20N4. The zero-order valence-corrected chi connectivity index (χ0v) is 11.8. The van der Waals surface area contributed by atoms with Gasteiger partial charge >= 0.3 is 0 Å². The molecule has 2 aromatic rings. The highest BCUT2D eigenvalue weighted by atomic mass is 15.3. The number of aromatic nitrogens is 2. The summed E-state index contributed by atoms with van der Waals surface area (Å²) < 4.78 is 0. The van der Waals surface area contributed by atoms with Crippen LogP contribution in [0.25, 0.3) is 0 Å². The van der Waals surface area contributed by atoms with Crippen LogP contribution in [0.5, 0.6) is 0 Å². The fourth-order valence-corrected chi connectivity index (χ4v) is 2.80. The maximum Gasteiger partial charge on any atom is 0.225 e. The second-order valence-corrected chi connectivity index (χ2v) is 5.35. The molecule has 0 radical (unpaired) electrons. The average Bonchev–Trinajstić information content (AvgIpc) is 2.97. The van der Waals surface area contributed by atoms with Gasteiger partial charge in [-0.25, -0.2) is 9.97 Å². The Bertz CT molecular complexity index is 582. The molecule has 0 amide bonds. The van der Waals surface area contributed by atoms with Gasteiger partial charge in [-0.2, -0.15) is 0 Å². The minimum Gasteiger partial charge on any atom is -0.340 e. The van der Waals surface area contributed by atoms with Crippen LogP contribution in [0.1, 0.15) is 29.3 Å². The van der Waals surface area contributed by atoms with Crippen LogP contribution in [-0.4, -0.2) is 23.1 Å². The first-order valence-electron chi connectivity index (χ1n) is 7.11. The molecule has 0 spiro atoms. The molecule has 1 aliphatic rings. The molecule has 2 heterocycles. The summed E-state index contributed by atoms with van der Waals surface area (Å²) in [5.41, 5.74) is 9.00. The number of nitrogens with two attached hydrogens (primary N) is 1. The van der Waals surface area contributed by atoms with Crippen LogP contribution in [0.2, 0.25) is 0 Å². The smallest absolute Gasteiger partial charge is 0.225 e. The van der Waals surface area contributed by atoms with E-state index in [9.17, 15) is 0 Å². The molecule has 1 saturated heterocycles. The molecule has 1 aromatic heterocycles. The van der Waals surface area contributed by atoms with Gasteiger partial charge in [-0.1, -0.05) is 30.3 Å². The molecule has 1 aliphatic heterocycles. The van der Waals surface area contributed by atoms with E-state index in [4.69, 9.17) is 5.73 Å². The van der Waals surface area contributed by atoms with Gasteiger partial charge in [0, 0.05) is 31.2 Å². The standard InChI is InChI=1S/C16H20N4/c1-12-9-15(10-17)19-16(18-12)20-8-7-14(11-20)13-5-3-2-4-6-13/h2-6,9,14H,7-8,10-11,17H2,1H3. The summed E-state index contributed by atoms with van der Waals surface area (Å²) in [6, 6.07) is 12.6. The summed E-state index contributed by atoms with van der Waals surface area (Å²) in [7, 11) is 0. The topological polar surface area (TPSA) is 55.0 Å². The molecule has 1 fully saturated rings. The van der Waals surface area contributed by atoms with Gasteiger partial charge in [-0.05, 0) is 25.0 Å². The van der Waals surface area contributed by atoms with Crippen LogP contribution >= 0.6 is 0 Å². The normalized spacial score (nSPS) is 18.5. The molecule has 1 aromatic carbocycles. The van der Waals surface area contributed by atoms with E-state index in [1.165, 1.54) is 5.56 Å². The zero-order valence-electron chi connectivity index (χ0n) is 11.8. The van der Waals surface area contributed by atoms with Crippen molar-refractivity contribution in [3.8, 4) is 0 Å². The maximum atomic E-state index is 5.70. The third-order valence-corrected chi connectivity index (χ3v) is 3.85. The molecular weight excluding hydrogens is 248 g/mol. The third kappa shape index (κ3) is 2.65. The van der Waals surface area contributed by atoms with Gasteiger partial charge in [-0.15, -0.1) is 0 Å². The lowest BCUT2D eigenvalue weighted by Gasteiger charge is -2.17. The highest BCUT2D eigenvalue weighted by Crippen LogP contribution is 2.29. The Morgan fingerprint density at radius 2 is 2.05 bits per heavy atom. The lowest BCUT2D eigenvalue weighted by atomic mass is 9.99. The molecule has 4 heteroatoms. The van der Waals surface area contributed by atoms with Crippen LogP contribution in [-0.2, 0) is 6.54 Å². The minimum atomic E-state index is 0.465. The number of aryl methyl sites for hydroxylation is 1.